The molecule has 0 N–H and O–H groups in total. The van der Waals surface area contributed by atoms with Crippen molar-refractivity contribution in [1.29, 1.82) is 0 Å². The number of hydrogen-bond acceptors (Lipinski definition) is 6. The van der Waals surface area contributed by atoms with E-state index in [2.05, 4.69) is 142 Å². The molecule has 0 saturated carbocycles. The normalized spacial score (nSPS) is 12.9. The Bertz CT molecular complexity index is 1640. The second kappa shape index (κ2) is 66.3. The topological polar surface area (TPSA) is 78.9 Å². The Morgan fingerprint density at radius 1 is 0.266 bits per heavy atom. The van der Waals surface area contributed by atoms with Crippen LogP contribution in [0, 0.1) is 0 Å². The van der Waals surface area contributed by atoms with E-state index in [0.717, 1.165) is 135 Å². The zero-order chi connectivity index (χ0) is 57.1. The van der Waals surface area contributed by atoms with Gasteiger partial charge in [0.25, 0.3) is 0 Å². The average Bonchev–Trinajstić information content (AvgIpc) is 3.45. The van der Waals surface area contributed by atoms with E-state index in [0.29, 0.717) is 19.3 Å². The molecule has 0 bridgehead atoms. The van der Waals surface area contributed by atoms with E-state index in [1.807, 2.05) is 0 Å². The summed E-state index contributed by atoms with van der Waals surface area (Å²) in [5, 5.41) is 0. The maximum atomic E-state index is 12.9. The Morgan fingerprint density at radius 3 is 0.772 bits per heavy atom. The van der Waals surface area contributed by atoms with Gasteiger partial charge in [0.05, 0.1) is 0 Å². The van der Waals surface area contributed by atoms with Gasteiger partial charge in [-0.2, -0.15) is 0 Å². The van der Waals surface area contributed by atoms with Gasteiger partial charge >= 0.3 is 17.9 Å². The summed E-state index contributed by atoms with van der Waals surface area (Å²) in [5.74, 6) is -0.899. The smallest absolute Gasteiger partial charge is 0.306 e. The molecule has 79 heavy (non-hydrogen) atoms. The number of allylic oxidation sites excluding steroid dienone is 20. The van der Waals surface area contributed by atoms with Gasteiger partial charge in [-0.1, -0.05) is 296 Å². The standard InChI is InChI=1S/C73H122O6/c1-4-7-10-13-16-19-22-25-28-30-32-34-36-38-40-42-45-48-51-54-57-60-63-66-72(75)78-69-70(68-77-71(74)65-62-59-56-53-50-47-44-27-24-21-18-15-12-9-6-3)79-73(76)67-64-61-58-55-52-49-46-43-41-39-37-35-33-31-29-26-23-20-17-14-11-8-5-2/h7-8,10-11,16-17,19-20,25-26,28-29,32-35,38-41,70H,4-6,9,12-15,18,21-24,27,30-31,36-37,42-69H2,1-3H3/b10-7-,11-8-,19-16-,20-17-,28-25-,29-26-,34-32-,35-33-,40-38-,41-39-. The van der Waals surface area contributed by atoms with E-state index in [1.165, 1.54) is 128 Å². The molecular formula is C73H122O6. The fraction of sp³-hybridized carbons (Fsp3) is 0.685. The molecule has 0 aliphatic carbocycles. The first-order valence-corrected chi connectivity index (χ1v) is 33.0. The lowest BCUT2D eigenvalue weighted by atomic mass is 10.0. The van der Waals surface area contributed by atoms with Crippen molar-refractivity contribution in [3.63, 3.8) is 0 Å². The second-order valence-electron chi connectivity index (χ2n) is 21.6. The Hall–Kier alpha value is -4.19. The lowest BCUT2D eigenvalue weighted by Crippen LogP contribution is -2.30. The Balaban J connectivity index is 4.42. The molecular weight excluding hydrogens is 973 g/mol. The van der Waals surface area contributed by atoms with Crippen LogP contribution in [0.2, 0.25) is 0 Å². The average molecular weight is 1100 g/mol. The largest absolute Gasteiger partial charge is 0.462 e. The van der Waals surface area contributed by atoms with Gasteiger partial charge in [-0.15, -0.1) is 0 Å². The summed E-state index contributed by atoms with van der Waals surface area (Å²) in [7, 11) is 0. The first-order chi connectivity index (χ1) is 39.0. The van der Waals surface area contributed by atoms with E-state index in [1.54, 1.807) is 0 Å². The molecule has 0 aromatic carbocycles. The molecule has 0 spiro atoms. The van der Waals surface area contributed by atoms with E-state index >= 15 is 0 Å². The molecule has 6 nitrogen and oxygen atoms in total. The van der Waals surface area contributed by atoms with Crippen molar-refractivity contribution >= 4 is 17.9 Å². The molecule has 450 valence electrons. The van der Waals surface area contributed by atoms with Gasteiger partial charge in [0.1, 0.15) is 13.2 Å². The van der Waals surface area contributed by atoms with Crippen molar-refractivity contribution in [2.45, 2.75) is 309 Å². The van der Waals surface area contributed by atoms with E-state index in [-0.39, 0.29) is 31.1 Å². The molecule has 0 heterocycles. The van der Waals surface area contributed by atoms with Gasteiger partial charge in [0.15, 0.2) is 6.10 Å². The maximum Gasteiger partial charge on any atom is 0.306 e. The Morgan fingerprint density at radius 2 is 0.494 bits per heavy atom. The third-order valence-electron chi connectivity index (χ3n) is 14.0. The number of hydrogen-bond donors (Lipinski definition) is 0. The van der Waals surface area contributed by atoms with Crippen molar-refractivity contribution in [1.82, 2.24) is 0 Å². The first-order valence-electron chi connectivity index (χ1n) is 33.0. The van der Waals surface area contributed by atoms with Gasteiger partial charge in [-0.25, -0.2) is 0 Å². The highest BCUT2D eigenvalue weighted by atomic mass is 16.6. The fourth-order valence-corrected chi connectivity index (χ4v) is 9.09. The molecule has 0 aliphatic heterocycles. The fourth-order valence-electron chi connectivity index (χ4n) is 9.09. The monoisotopic (exact) mass is 1090 g/mol. The molecule has 0 aromatic rings. The predicted octanol–water partition coefficient (Wildman–Crippen LogP) is 22.8. The number of rotatable bonds is 59. The van der Waals surface area contributed by atoms with Crippen LogP contribution in [0.5, 0.6) is 0 Å². The second-order valence-corrected chi connectivity index (χ2v) is 21.6. The van der Waals surface area contributed by atoms with Crippen LogP contribution in [0.1, 0.15) is 303 Å². The molecule has 0 fully saturated rings. The first kappa shape index (κ1) is 74.8. The van der Waals surface area contributed by atoms with Crippen molar-refractivity contribution in [3.05, 3.63) is 122 Å². The summed E-state index contributed by atoms with van der Waals surface area (Å²) < 4.78 is 17.0. The molecule has 0 amide bonds. The predicted molar refractivity (Wildman–Crippen MR) is 343 cm³/mol. The van der Waals surface area contributed by atoms with Crippen LogP contribution in [-0.2, 0) is 28.6 Å². The number of carbonyl (C=O) groups excluding carboxylic acids is 3. The third kappa shape index (κ3) is 64.5. The van der Waals surface area contributed by atoms with E-state index < -0.39 is 6.10 Å². The highest BCUT2D eigenvalue weighted by molar-refractivity contribution is 5.71. The summed E-state index contributed by atoms with van der Waals surface area (Å²) in [6.45, 7) is 6.42. The highest BCUT2D eigenvalue weighted by Gasteiger charge is 2.19. The minimum atomic E-state index is -0.793. The summed E-state index contributed by atoms with van der Waals surface area (Å²) >= 11 is 0. The van der Waals surface area contributed by atoms with Crippen molar-refractivity contribution < 1.29 is 28.6 Å². The van der Waals surface area contributed by atoms with Gasteiger partial charge in [-0.3, -0.25) is 14.4 Å². The zero-order valence-electron chi connectivity index (χ0n) is 51.6. The minimum Gasteiger partial charge on any atom is -0.462 e. The van der Waals surface area contributed by atoms with Crippen LogP contribution in [0.4, 0.5) is 0 Å². The summed E-state index contributed by atoms with van der Waals surface area (Å²) in [6.07, 6.45) is 92.0. The van der Waals surface area contributed by atoms with Crippen LogP contribution in [0.3, 0.4) is 0 Å². The summed E-state index contributed by atoms with van der Waals surface area (Å²) in [5.41, 5.74) is 0. The molecule has 0 radical (unpaired) electrons. The molecule has 0 rings (SSSR count). The lowest BCUT2D eigenvalue weighted by molar-refractivity contribution is -0.167. The quantitative estimate of drug-likeness (QED) is 0.0261. The summed E-state index contributed by atoms with van der Waals surface area (Å²) in [4.78, 5) is 38.4. The molecule has 1 atom stereocenters. The van der Waals surface area contributed by atoms with Gasteiger partial charge in [0.2, 0.25) is 0 Å². The minimum absolute atomic E-state index is 0.0860. The molecule has 0 saturated heterocycles. The maximum absolute atomic E-state index is 12.9. The van der Waals surface area contributed by atoms with Crippen LogP contribution >= 0.6 is 0 Å². The van der Waals surface area contributed by atoms with Crippen molar-refractivity contribution in [2.24, 2.45) is 0 Å². The van der Waals surface area contributed by atoms with Crippen LogP contribution < -0.4 is 0 Å². The van der Waals surface area contributed by atoms with Gasteiger partial charge < -0.3 is 14.2 Å². The number of esters is 3. The SMILES string of the molecule is CC/C=C\C/C=C\C/C=C\C/C=C\C/C=C\CCCCCCCCCC(=O)OCC(COC(=O)CCCCCCCCCCCCCCCCC)OC(=O)CCCCCCCCC/C=C\C/C=C\C/C=C\C/C=C\C/C=C\CC. The van der Waals surface area contributed by atoms with Gasteiger partial charge in [-0.05, 0) is 109 Å². The van der Waals surface area contributed by atoms with E-state index in [4.69, 9.17) is 14.2 Å². The van der Waals surface area contributed by atoms with E-state index in [9.17, 15) is 14.4 Å². The lowest BCUT2D eigenvalue weighted by Gasteiger charge is -2.18. The van der Waals surface area contributed by atoms with Crippen molar-refractivity contribution in [3.8, 4) is 0 Å². The molecule has 6 heteroatoms. The van der Waals surface area contributed by atoms with Crippen LogP contribution in [0.25, 0.3) is 0 Å². The van der Waals surface area contributed by atoms with Crippen molar-refractivity contribution in [2.75, 3.05) is 13.2 Å². The number of unbranched alkanes of at least 4 members (excludes halogenated alkanes) is 28. The highest BCUT2D eigenvalue weighted by Crippen LogP contribution is 2.16. The molecule has 0 aromatic heterocycles. The van der Waals surface area contributed by atoms with Gasteiger partial charge in [0, 0.05) is 19.3 Å². The Kier molecular flexibility index (Phi) is 62.8. The van der Waals surface area contributed by atoms with Crippen LogP contribution in [0.15, 0.2) is 122 Å². The summed E-state index contributed by atoms with van der Waals surface area (Å²) in [6, 6.07) is 0. The number of carbonyl (C=O) groups is 3. The Labute approximate surface area is 488 Å². The zero-order valence-corrected chi connectivity index (χ0v) is 51.6. The van der Waals surface area contributed by atoms with Crippen LogP contribution in [-0.4, -0.2) is 37.2 Å². The third-order valence-corrected chi connectivity index (χ3v) is 14.0. The molecule has 1 unspecified atom stereocenters. The number of ether oxygens (including phenoxy) is 3. The molecule has 0 aliphatic rings.